The van der Waals surface area contributed by atoms with E-state index >= 15 is 0 Å². The lowest BCUT2D eigenvalue weighted by molar-refractivity contribution is 0.0435. The first-order chi connectivity index (χ1) is 10.5. The number of nitrogens with zero attached hydrogens (tertiary/aromatic N) is 1. The fraction of sp³-hybridized carbons (Fsp3) is 0.588. The van der Waals surface area contributed by atoms with E-state index in [1.807, 2.05) is 45.0 Å². The van der Waals surface area contributed by atoms with Gasteiger partial charge in [-0.05, 0) is 43.9 Å². The number of urea groups is 1. The molecule has 2 rings (SSSR count). The molecule has 5 heteroatoms. The number of benzene rings is 1. The largest absolute Gasteiger partial charge is 0.491 e. The molecule has 2 N–H and O–H groups in total. The zero-order chi connectivity index (χ0) is 16.1. The highest BCUT2D eigenvalue weighted by Gasteiger charge is 2.26. The molecule has 1 aliphatic heterocycles. The molecule has 0 spiro atoms. The summed E-state index contributed by atoms with van der Waals surface area (Å²) in [6.07, 6.45) is 0.570. The molecule has 0 saturated carbocycles. The van der Waals surface area contributed by atoms with Gasteiger partial charge in [0, 0.05) is 19.6 Å². The fourth-order valence-corrected chi connectivity index (χ4v) is 2.48. The van der Waals surface area contributed by atoms with Crippen LogP contribution in [-0.2, 0) is 6.54 Å². The predicted octanol–water partition coefficient (Wildman–Crippen LogP) is 2.39. The van der Waals surface area contributed by atoms with Crippen molar-refractivity contribution in [3.63, 3.8) is 0 Å². The van der Waals surface area contributed by atoms with Gasteiger partial charge < -0.3 is 20.1 Å². The van der Waals surface area contributed by atoms with Crippen molar-refractivity contribution in [1.82, 2.24) is 10.2 Å². The molecule has 1 fully saturated rings. The van der Waals surface area contributed by atoms with Crippen LogP contribution < -0.4 is 10.1 Å². The third-order valence-corrected chi connectivity index (χ3v) is 3.94. The second-order valence-corrected chi connectivity index (χ2v) is 6.25. The minimum atomic E-state index is -0.424. The summed E-state index contributed by atoms with van der Waals surface area (Å²) < 4.78 is 5.59. The Kier molecular flexibility index (Phi) is 5.66. The van der Waals surface area contributed by atoms with E-state index in [0.29, 0.717) is 19.6 Å². The SMILES string of the molecule is CC(C)Oc1ccc(CNC(=O)N2CCC(C)C(O)C2)cc1. The Hall–Kier alpha value is -1.75. The number of ether oxygens (including phenoxy) is 1. The number of aliphatic hydroxyl groups excluding tert-OH is 1. The van der Waals surface area contributed by atoms with Gasteiger partial charge in [0.25, 0.3) is 0 Å². The molecule has 1 heterocycles. The van der Waals surface area contributed by atoms with Crippen LogP contribution >= 0.6 is 0 Å². The molecule has 5 nitrogen and oxygen atoms in total. The number of aliphatic hydroxyl groups is 1. The van der Waals surface area contributed by atoms with Crippen molar-refractivity contribution in [3.05, 3.63) is 29.8 Å². The third kappa shape index (κ3) is 4.63. The average molecular weight is 306 g/mol. The molecule has 2 atom stereocenters. The summed E-state index contributed by atoms with van der Waals surface area (Å²) in [5.41, 5.74) is 1.02. The maximum atomic E-state index is 12.1. The highest BCUT2D eigenvalue weighted by molar-refractivity contribution is 5.74. The van der Waals surface area contributed by atoms with E-state index in [2.05, 4.69) is 5.32 Å². The number of hydrogen-bond donors (Lipinski definition) is 2. The standard InChI is InChI=1S/C17H26N2O3/c1-12(2)22-15-6-4-14(5-7-15)10-18-17(21)19-9-8-13(3)16(20)11-19/h4-7,12-13,16,20H,8-11H2,1-3H3,(H,18,21). The number of β-amino-alcohol motifs (C(OH)–C–C–N with tert-alkyl or cyclic N) is 1. The second-order valence-electron chi connectivity index (χ2n) is 6.25. The molecule has 0 radical (unpaired) electrons. The number of piperidine rings is 1. The number of likely N-dealkylation sites (tertiary alicyclic amines) is 1. The Balaban J connectivity index is 1.81. The van der Waals surface area contributed by atoms with Crippen molar-refractivity contribution < 1.29 is 14.6 Å². The lowest BCUT2D eigenvalue weighted by Gasteiger charge is -2.34. The van der Waals surface area contributed by atoms with E-state index in [4.69, 9.17) is 4.74 Å². The molecule has 2 amide bonds. The normalized spacial score (nSPS) is 21.8. The minimum absolute atomic E-state index is 0.117. The molecule has 0 bridgehead atoms. The van der Waals surface area contributed by atoms with Crippen LogP contribution in [0.1, 0.15) is 32.8 Å². The zero-order valence-corrected chi connectivity index (χ0v) is 13.6. The summed E-state index contributed by atoms with van der Waals surface area (Å²) in [5, 5.41) is 12.7. The van der Waals surface area contributed by atoms with Crippen molar-refractivity contribution in [3.8, 4) is 5.75 Å². The van der Waals surface area contributed by atoms with E-state index in [9.17, 15) is 9.90 Å². The molecule has 2 unspecified atom stereocenters. The van der Waals surface area contributed by atoms with Gasteiger partial charge in [0.1, 0.15) is 5.75 Å². The molecule has 22 heavy (non-hydrogen) atoms. The van der Waals surface area contributed by atoms with Gasteiger partial charge in [0.2, 0.25) is 0 Å². The van der Waals surface area contributed by atoms with Crippen LogP contribution in [0.3, 0.4) is 0 Å². The maximum Gasteiger partial charge on any atom is 0.317 e. The van der Waals surface area contributed by atoms with Gasteiger partial charge >= 0.3 is 6.03 Å². The molecule has 122 valence electrons. The number of amides is 2. The first kappa shape index (κ1) is 16.6. The lowest BCUT2D eigenvalue weighted by atomic mass is 9.96. The topological polar surface area (TPSA) is 61.8 Å². The lowest BCUT2D eigenvalue weighted by Crippen LogP contribution is -2.49. The number of hydrogen-bond acceptors (Lipinski definition) is 3. The molecule has 1 aromatic carbocycles. The average Bonchev–Trinajstić information content (AvgIpc) is 2.48. The van der Waals surface area contributed by atoms with Crippen LogP contribution in [0.2, 0.25) is 0 Å². The summed E-state index contributed by atoms with van der Waals surface area (Å²) >= 11 is 0. The van der Waals surface area contributed by atoms with Crippen LogP contribution in [0.15, 0.2) is 24.3 Å². The van der Waals surface area contributed by atoms with Gasteiger partial charge in [-0.25, -0.2) is 4.79 Å². The van der Waals surface area contributed by atoms with E-state index in [1.165, 1.54) is 0 Å². The highest BCUT2D eigenvalue weighted by Crippen LogP contribution is 2.17. The number of nitrogens with one attached hydrogen (secondary N) is 1. The van der Waals surface area contributed by atoms with Crippen molar-refractivity contribution in [1.29, 1.82) is 0 Å². The van der Waals surface area contributed by atoms with E-state index in [1.54, 1.807) is 4.90 Å². The summed E-state index contributed by atoms with van der Waals surface area (Å²) in [6, 6.07) is 7.60. The van der Waals surface area contributed by atoms with E-state index < -0.39 is 6.10 Å². The van der Waals surface area contributed by atoms with Crippen LogP contribution in [0.5, 0.6) is 5.75 Å². The summed E-state index contributed by atoms with van der Waals surface area (Å²) in [7, 11) is 0. The Morgan fingerprint density at radius 3 is 2.68 bits per heavy atom. The maximum absolute atomic E-state index is 12.1. The van der Waals surface area contributed by atoms with Crippen LogP contribution in [0.25, 0.3) is 0 Å². The fourth-order valence-electron chi connectivity index (χ4n) is 2.48. The molecule has 0 aliphatic carbocycles. The van der Waals surface area contributed by atoms with Crippen LogP contribution in [0, 0.1) is 5.92 Å². The third-order valence-electron chi connectivity index (χ3n) is 3.94. The van der Waals surface area contributed by atoms with Crippen LogP contribution in [-0.4, -0.2) is 41.3 Å². The van der Waals surface area contributed by atoms with E-state index in [-0.39, 0.29) is 18.1 Å². The molecular formula is C17H26N2O3. The first-order valence-corrected chi connectivity index (χ1v) is 7.92. The van der Waals surface area contributed by atoms with Gasteiger partial charge in [0.05, 0.1) is 12.2 Å². The quantitative estimate of drug-likeness (QED) is 0.898. The van der Waals surface area contributed by atoms with Crippen molar-refractivity contribution in [2.75, 3.05) is 13.1 Å². The Morgan fingerprint density at radius 1 is 1.41 bits per heavy atom. The first-order valence-electron chi connectivity index (χ1n) is 7.92. The Morgan fingerprint density at radius 2 is 2.09 bits per heavy atom. The molecule has 1 aromatic rings. The Labute approximate surface area is 132 Å². The number of carbonyl (C=O) groups excluding carboxylic acids is 1. The summed E-state index contributed by atoms with van der Waals surface area (Å²) in [6.45, 7) is 7.58. The van der Waals surface area contributed by atoms with Crippen molar-refractivity contribution in [2.24, 2.45) is 5.92 Å². The Bertz CT molecular complexity index is 487. The molecule has 1 aliphatic rings. The molecule has 1 saturated heterocycles. The van der Waals surface area contributed by atoms with Gasteiger partial charge in [-0.2, -0.15) is 0 Å². The van der Waals surface area contributed by atoms with E-state index in [0.717, 1.165) is 17.7 Å². The predicted molar refractivity (Wildman–Crippen MR) is 85.8 cm³/mol. The summed E-state index contributed by atoms with van der Waals surface area (Å²) in [5.74, 6) is 1.09. The smallest absolute Gasteiger partial charge is 0.317 e. The van der Waals surface area contributed by atoms with Gasteiger partial charge in [0.15, 0.2) is 0 Å². The number of carbonyl (C=O) groups is 1. The van der Waals surface area contributed by atoms with Gasteiger partial charge in [-0.1, -0.05) is 19.1 Å². The van der Waals surface area contributed by atoms with Gasteiger partial charge in [-0.15, -0.1) is 0 Å². The monoisotopic (exact) mass is 306 g/mol. The van der Waals surface area contributed by atoms with Crippen LogP contribution in [0.4, 0.5) is 4.79 Å². The second kappa shape index (κ2) is 7.49. The van der Waals surface area contributed by atoms with Crippen molar-refractivity contribution >= 4 is 6.03 Å². The number of rotatable bonds is 4. The summed E-state index contributed by atoms with van der Waals surface area (Å²) in [4.78, 5) is 13.8. The van der Waals surface area contributed by atoms with Crippen molar-refractivity contribution in [2.45, 2.75) is 45.9 Å². The molecule has 0 aromatic heterocycles. The van der Waals surface area contributed by atoms with Gasteiger partial charge in [-0.3, -0.25) is 0 Å². The zero-order valence-electron chi connectivity index (χ0n) is 13.6. The minimum Gasteiger partial charge on any atom is -0.491 e. The molecular weight excluding hydrogens is 280 g/mol. The highest BCUT2D eigenvalue weighted by atomic mass is 16.5.